The van der Waals surface area contributed by atoms with E-state index in [4.69, 9.17) is 17.3 Å². The number of halogens is 4. The SMILES string of the molecule is Nc1nc(C(=O)N2CC3CC3C2CNC(=O)C(F)(F)F)c(-c2cccc(Cl)c2)s1. The Balaban J connectivity index is 1.57. The third kappa shape index (κ3) is 3.91. The van der Waals surface area contributed by atoms with Gasteiger partial charge in [-0.15, -0.1) is 0 Å². The monoisotopic (exact) mass is 444 g/mol. The van der Waals surface area contributed by atoms with E-state index in [0.717, 1.165) is 17.8 Å². The van der Waals surface area contributed by atoms with Crippen LogP contribution in [0.25, 0.3) is 10.4 Å². The number of anilines is 1. The minimum absolute atomic E-state index is 0.0816. The van der Waals surface area contributed by atoms with E-state index in [2.05, 4.69) is 4.98 Å². The number of nitrogen functional groups attached to an aromatic ring is 1. The van der Waals surface area contributed by atoms with Crippen LogP contribution in [-0.4, -0.2) is 47.0 Å². The third-order valence-electron chi connectivity index (χ3n) is 5.23. The van der Waals surface area contributed by atoms with Crippen molar-refractivity contribution in [3.8, 4) is 10.4 Å². The summed E-state index contributed by atoms with van der Waals surface area (Å²) in [6, 6.07) is 6.40. The number of piperidine rings is 1. The fourth-order valence-electron chi connectivity index (χ4n) is 3.81. The Bertz CT molecular complexity index is 980. The van der Waals surface area contributed by atoms with Gasteiger partial charge < -0.3 is 16.0 Å². The highest BCUT2D eigenvalue weighted by Gasteiger charge is 2.54. The Morgan fingerprint density at radius 1 is 1.38 bits per heavy atom. The summed E-state index contributed by atoms with van der Waals surface area (Å²) in [5.41, 5.74) is 6.65. The number of amides is 2. The van der Waals surface area contributed by atoms with E-state index in [1.54, 1.807) is 24.3 Å². The Hall–Kier alpha value is -2.33. The number of hydrogen-bond acceptors (Lipinski definition) is 5. The summed E-state index contributed by atoms with van der Waals surface area (Å²) in [4.78, 5) is 30.6. The molecule has 1 aromatic heterocycles. The molecule has 0 spiro atoms. The number of thiazole rings is 1. The predicted octanol–water partition coefficient (Wildman–Crippen LogP) is 3.18. The Morgan fingerprint density at radius 2 is 2.14 bits per heavy atom. The van der Waals surface area contributed by atoms with Crippen molar-refractivity contribution in [3.05, 3.63) is 35.0 Å². The van der Waals surface area contributed by atoms with Crippen molar-refractivity contribution in [1.82, 2.24) is 15.2 Å². The largest absolute Gasteiger partial charge is 0.471 e. The zero-order valence-electron chi connectivity index (χ0n) is 14.9. The zero-order valence-corrected chi connectivity index (χ0v) is 16.4. The molecule has 2 fully saturated rings. The minimum atomic E-state index is -4.96. The Morgan fingerprint density at radius 3 is 2.83 bits per heavy atom. The standard InChI is InChI=1S/C18H16ClF3N4O2S/c19-10-3-1-2-8(4-10)14-13(25-17(23)29-14)15(27)26-7-9-5-11(9)12(26)6-24-16(28)18(20,21)22/h1-4,9,11-12H,5-7H2,(H2,23,25)(H,24,28). The van der Waals surface area contributed by atoms with E-state index in [-0.39, 0.29) is 29.2 Å². The van der Waals surface area contributed by atoms with E-state index in [1.807, 2.05) is 5.32 Å². The maximum Gasteiger partial charge on any atom is 0.471 e. The van der Waals surface area contributed by atoms with Crippen LogP contribution in [0.3, 0.4) is 0 Å². The van der Waals surface area contributed by atoms with Crippen LogP contribution < -0.4 is 11.1 Å². The van der Waals surface area contributed by atoms with Crippen molar-refractivity contribution in [2.75, 3.05) is 18.8 Å². The van der Waals surface area contributed by atoms with Crippen LogP contribution >= 0.6 is 22.9 Å². The summed E-state index contributed by atoms with van der Waals surface area (Å²) in [6.45, 7) is 0.167. The molecule has 2 aromatic rings. The summed E-state index contributed by atoms with van der Waals surface area (Å²) < 4.78 is 37.5. The number of carbonyl (C=O) groups is 2. The van der Waals surface area contributed by atoms with Crippen molar-refractivity contribution in [2.45, 2.75) is 18.6 Å². The molecule has 2 amide bonds. The van der Waals surface area contributed by atoms with Gasteiger partial charge in [0.2, 0.25) is 0 Å². The molecule has 6 nitrogen and oxygen atoms in total. The van der Waals surface area contributed by atoms with E-state index in [0.29, 0.717) is 22.0 Å². The summed E-state index contributed by atoms with van der Waals surface area (Å²) in [6.07, 6.45) is -4.13. The second kappa shape index (κ2) is 7.17. The number of alkyl halides is 3. The molecule has 154 valence electrons. The highest BCUT2D eigenvalue weighted by molar-refractivity contribution is 7.19. The molecule has 29 heavy (non-hydrogen) atoms. The predicted molar refractivity (Wildman–Crippen MR) is 102 cm³/mol. The molecule has 0 radical (unpaired) electrons. The fraction of sp³-hybridized carbons (Fsp3) is 0.389. The lowest BCUT2D eigenvalue weighted by Crippen LogP contribution is -2.48. The topological polar surface area (TPSA) is 88.3 Å². The van der Waals surface area contributed by atoms with Gasteiger partial charge in [-0.1, -0.05) is 35.1 Å². The summed E-state index contributed by atoms with van der Waals surface area (Å²) in [7, 11) is 0. The molecule has 4 rings (SSSR count). The molecule has 1 aliphatic heterocycles. The number of likely N-dealkylation sites (tertiary alicyclic amines) is 1. The number of hydrogen-bond donors (Lipinski definition) is 2. The summed E-state index contributed by atoms with van der Waals surface area (Å²) in [5.74, 6) is -2.10. The maximum absolute atomic E-state index is 13.2. The molecule has 1 saturated carbocycles. The van der Waals surface area contributed by atoms with Gasteiger partial charge in [-0.25, -0.2) is 4.98 Å². The molecule has 11 heteroatoms. The van der Waals surface area contributed by atoms with Crippen LogP contribution in [0.1, 0.15) is 16.9 Å². The third-order valence-corrected chi connectivity index (χ3v) is 6.39. The first-order chi connectivity index (χ1) is 13.6. The van der Waals surface area contributed by atoms with Crippen LogP contribution in [0.5, 0.6) is 0 Å². The Labute approximate surface area is 172 Å². The lowest BCUT2D eigenvalue weighted by molar-refractivity contribution is -0.173. The highest BCUT2D eigenvalue weighted by atomic mass is 35.5. The number of rotatable bonds is 4. The van der Waals surface area contributed by atoms with Gasteiger partial charge in [-0.05, 0) is 36.0 Å². The second-order valence-corrected chi connectivity index (χ2v) is 8.60. The van der Waals surface area contributed by atoms with Gasteiger partial charge in [-0.2, -0.15) is 13.2 Å². The number of aromatic nitrogens is 1. The molecule has 1 saturated heterocycles. The molecular weight excluding hydrogens is 429 g/mol. The normalized spacial score (nSPS) is 23.0. The van der Waals surface area contributed by atoms with Crippen molar-refractivity contribution in [1.29, 1.82) is 0 Å². The van der Waals surface area contributed by atoms with Crippen LogP contribution in [-0.2, 0) is 4.79 Å². The van der Waals surface area contributed by atoms with Crippen molar-refractivity contribution < 1.29 is 22.8 Å². The quantitative estimate of drug-likeness (QED) is 0.758. The Kier molecular flexibility index (Phi) is 4.94. The molecular formula is C18H16ClF3N4O2S. The van der Waals surface area contributed by atoms with E-state index < -0.39 is 24.0 Å². The molecule has 3 unspecified atom stereocenters. The van der Waals surface area contributed by atoms with Gasteiger partial charge in [0.15, 0.2) is 5.13 Å². The van der Waals surface area contributed by atoms with Gasteiger partial charge in [0.25, 0.3) is 5.91 Å². The van der Waals surface area contributed by atoms with Gasteiger partial charge >= 0.3 is 12.1 Å². The lowest BCUT2D eigenvalue weighted by atomic mass is 10.1. The first-order valence-corrected chi connectivity index (χ1v) is 10.0. The average Bonchev–Trinajstić information content (AvgIpc) is 3.16. The second-order valence-electron chi connectivity index (χ2n) is 7.13. The van der Waals surface area contributed by atoms with Crippen LogP contribution in [0.15, 0.2) is 24.3 Å². The number of nitrogens with zero attached hydrogens (tertiary/aromatic N) is 2. The van der Waals surface area contributed by atoms with Gasteiger partial charge in [0.05, 0.1) is 10.9 Å². The summed E-state index contributed by atoms with van der Waals surface area (Å²) >= 11 is 7.18. The number of benzene rings is 1. The van der Waals surface area contributed by atoms with Crippen molar-refractivity contribution in [3.63, 3.8) is 0 Å². The van der Waals surface area contributed by atoms with E-state index >= 15 is 0 Å². The number of nitrogens with two attached hydrogens (primary N) is 1. The maximum atomic E-state index is 13.2. The van der Waals surface area contributed by atoms with Crippen LogP contribution in [0.4, 0.5) is 18.3 Å². The molecule has 1 aromatic carbocycles. The average molecular weight is 445 g/mol. The van der Waals surface area contributed by atoms with Gasteiger partial charge in [0.1, 0.15) is 5.69 Å². The molecule has 3 N–H and O–H groups in total. The van der Waals surface area contributed by atoms with E-state index in [9.17, 15) is 22.8 Å². The highest BCUT2D eigenvalue weighted by Crippen LogP contribution is 2.50. The summed E-state index contributed by atoms with van der Waals surface area (Å²) in [5, 5.41) is 2.59. The smallest absolute Gasteiger partial charge is 0.375 e. The fourth-order valence-corrected chi connectivity index (χ4v) is 4.82. The number of carbonyl (C=O) groups excluding carboxylic acids is 2. The number of nitrogens with one attached hydrogen (secondary N) is 1. The first-order valence-electron chi connectivity index (χ1n) is 8.83. The van der Waals surface area contributed by atoms with Gasteiger partial charge in [0, 0.05) is 18.1 Å². The van der Waals surface area contributed by atoms with Crippen LogP contribution in [0.2, 0.25) is 5.02 Å². The van der Waals surface area contributed by atoms with Gasteiger partial charge in [-0.3, -0.25) is 9.59 Å². The van der Waals surface area contributed by atoms with Crippen molar-refractivity contribution >= 4 is 39.9 Å². The first kappa shape index (κ1) is 20.0. The van der Waals surface area contributed by atoms with Crippen molar-refractivity contribution in [2.24, 2.45) is 11.8 Å². The zero-order chi connectivity index (χ0) is 20.9. The van der Waals surface area contributed by atoms with Crippen LogP contribution in [0, 0.1) is 11.8 Å². The molecule has 1 aliphatic carbocycles. The van der Waals surface area contributed by atoms with E-state index in [1.165, 1.54) is 4.90 Å². The molecule has 2 heterocycles. The minimum Gasteiger partial charge on any atom is -0.375 e. The molecule has 0 bridgehead atoms. The lowest BCUT2D eigenvalue weighted by Gasteiger charge is -2.27. The molecule has 2 aliphatic rings. The molecule has 3 atom stereocenters. The number of fused-ring (bicyclic) bond motifs is 1.